The Morgan fingerprint density at radius 1 is 1.38 bits per heavy atom. The molecule has 1 aliphatic rings. The minimum absolute atomic E-state index is 0.248. The molecule has 5 heteroatoms. The second-order valence-corrected chi connectivity index (χ2v) is 5.15. The molecule has 1 aromatic carbocycles. The highest BCUT2D eigenvalue weighted by Crippen LogP contribution is 2.31. The molecule has 0 bridgehead atoms. The lowest BCUT2D eigenvalue weighted by molar-refractivity contribution is 0.0920. The van der Waals surface area contributed by atoms with Crippen LogP contribution in [-0.2, 0) is 0 Å². The fourth-order valence-corrected chi connectivity index (χ4v) is 2.62. The molecular formula is C16H20N2O3. The maximum Gasteiger partial charge on any atom is 0.252 e. The molecule has 0 aromatic heterocycles. The van der Waals surface area contributed by atoms with Crippen molar-refractivity contribution >= 4 is 5.91 Å². The van der Waals surface area contributed by atoms with Gasteiger partial charge in [-0.15, -0.1) is 0 Å². The van der Waals surface area contributed by atoms with Crippen molar-refractivity contribution in [3.8, 4) is 17.6 Å². The van der Waals surface area contributed by atoms with Gasteiger partial charge in [-0.05, 0) is 50.8 Å². The first-order chi connectivity index (χ1) is 10.1. The number of ether oxygens (including phenoxy) is 2. The molecule has 1 fully saturated rings. The van der Waals surface area contributed by atoms with Crippen LogP contribution in [0.3, 0.4) is 0 Å². The van der Waals surface area contributed by atoms with Crippen molar-refractivity contribution in [2.75, 3.05) is 13.7 Å². The first-order valence-electron chi connectivity index (χ1n) is 7.19. The topological polar surface area (TPSA) is 71.3 Å². The summed E-state index contributed by atoms with van der Waals surface area (Å²) in [6.07, 6.45) is 3.37. The number of rotatable bonds is 5. The summed E-state index contributed by atoms with van der Waals surface area (Å²) in [5, 5.41) is 12.2. The molecule has 0 atom stereocenters. The first-order valence-corrected chi connectivity index (χ1v) is 7.19. The molecule has 0 saturated heterocycles. The van der Waals surface area contributed by atoms with E-state index >= 15 is 0 Å². The molecule has 0 unspecified atom stereocenters. The van der Waals surface area contributed by atoms with Crippen molar-refractivity contribution in [3.63, 3.8) is 0 Å². The molecule has 1 saturated carbocycles. The molecule has 1 aromatic rings. The minimum atomic E-state index is -0.719. The van der Waals surface area contributed by atoms with Crippen LogP contribution in [0.5, 0.6) is 11.5 Å². The Labute approximate surface area is 124 Å². The predicted octanol–water partition coefficient (Wildman–Crippen LogP) is 2.66. The van der Waals surface area contributed by atoms with Gasteiger partial charge in [0.05, 0.1) is 19.8 Å². The Balaban J connectivity index is 2.19. The Morgan fingerprint density at radius 2 is 2.10 bits per heavy atom. The molecule has 1 amide bonds. The maximum absolute atomic E-state index is 12.4. The fraction of sp³-hybridized carbons (Fsp3) is 0.500. The Kier molecular flexibility index (Phi) is 4.69. The summed E-state index contributed by atoms with van der Waals surface area (Å²) in [5.74, 6) is 0.872. The van der Waals surface area contributed by atoms with Gasteiger partial charge < -0.3 is 14.8 Å². The van der Waals surface area contributed by atoms with Gasteiger partial charge in [-0.2, -0.15) is 5.26 Å². The number of methoxy groups -OCH3 is 1. The monoisotopic (exact) mass is 288 g/mol. The molecule has 5 nitrogen and oxygen atoms in total. The van der Waals surface area contributed by atoms with Gasteiger partial charge >= 0.3 is 0 Å². The van der Waals surface area contributed by atoms with Crippen molar-refractivity contribution in [2.24, 2.45) is 0 Å². The molecular weight excluding hydrogens is 268 g/mol. The lowest BCUT2D eigenvalue weighted by atomic mass is 9.99. The fourth-order valence-electron chi connectivity index (χ4n) is 2.62. The SMILES string of the molecule is CCOc1cc(C(=O)NC2(C#N)CCCC2)ccc1OC. The summed E-state index contributed by atoms with van der Waals surface area (Å²) in [6.45, 7) is 2.36. The van der Waals surface area contributed by atoms with Crippen LogP contribution in [-0.4, -0.2) is 25.2 Å². The number of amides is 1. The number of benzene rings is 1. The van der Waals surface area contributed by atoms with Crippen LogP contribution < -0.4 is 14.8 Å². The standard InChI is InChI=1S/C16H20N2O3/c1-3-21-14-10-12(6-7-13(14)20-2)15(19)18-16(11-17)8-4-5-9-16/h6-7,10H,3-5,8-9H2,1-2H3,(H,18,19). The van der Waals surface area contributed by atoms with Crippen molar-refractivity contribution in [2.45, 2.75) is 38.1 Å². The smallest absolute Gasteiger partial charge is 0.252 e. The van der Waals surface area contributed by atoms with Crippen LogP contribution in [0.25, 0.3) is 0 Å². The highest BCUT2D eigenvalue weighted by atomic mass is 16.5. The molecule has 0 heterocycles. The van der Waals surface area contributed by atoms with E-state index in [1.807, 2.05) is 6.92 Å². The van der Waals surface area contributed by atoms with Crippen LogP contribution in [0.1, 0.15) is 43.0 Å². The third kappa shape index (κ3) is 3.27. The number of nitriles is 1. The van der Waals surface area contributed by atoms with Gasteiger partial charge in [0, 0.05) is 5.56 Å². The van der Waals surface area contributed by atoms with E-state index in [0.29, 0.717) is 36.5 Å². The van der Waals surface area contributed by atoms with E-state index < -0.39 is 5.54 Å². The Bertz CT molecular complexity index is 557. The average molecular weight is 288 g/mol. The van der Waals surface area contributed by atoms with E-state index in [1.54, 1.807) is 25.3 Å². The zero-order valence-electron chi connectivity index (χ0n) is 12.4. The van der Waals surface area contributed by atoms with E-state index in [-0.39, 0.29) is 5.91 Å². The van der Waals surface area contributed by atoms with E-state index in [2.05, 4.69) is 11.4 Å². The molecule has 0 aliphatic heterocycles. The molecule has 21 heavy (non-hydrogen) atoms. The van der Waals surface area contributed by atoms with Gasteiger partial charge in [0.2, 0.25) is 0 Å². The van der Waals surface area contributed by atoms with Gasteiger partial charge in [0.15, 0.2) is 11.5 Å². The van der Waals surface area contributed by atoms with Crippen LogP contribution in [0, 0.1) is 11.3 Å². The summed E-state index contributed by atoms with van der Waals surface area (Å²) in [6, 6.07) is 7.28. The van der Waals surface area contributed by atoms with E-state index in [0.717, 1.165) is 12.8 Å². The van der Waals surface area contributed by atoms with Crippen molar-refractivity contribution < 1.29 is 14.3 Å². The number of hydrogen-bond donors (Lipinski definition) is 1. The molecule has 2 rings (SSSR count). The summed E-state index contributed by atoms with van der Waals surface area (Å²) in [7, 11) is 1.56. The third-order valence-electron chi connectivity index (χ3n) is 3.75. The van der Waals surface area contributed by atoms with Gasteiger partial charge in [0.25, 0.3) is 5.91 Å². The Morgan fingerprint density at radius 3 is 2.67 bits per heavy atom. The van der Waals surface area contributed by atoms with Crippen LogP contribution in [0.2, 0.25) is 0 Å². The van der Waals surface area contributed by atoms with Gasteiger partial charge in [-0.1, -0.05) is 0 Å². The second-order valence-electron chi connectivity index (χ2n) is 5.15. The van der Waals surface area contributed by atoms with Crippen LogP contribution >= 0.6 is 0 Å². The molecule has 0 radical (unpaired) electrons. The number of nitrogens with zero attached hydrogens (tertiary/aromatic N) is 1. The molecule has 112 valence electrons. The third-order valence-corrected chi connectivity index (χ3v) is 3.75. The lowest BCUT2D eigenvalue weighted by Gasteiger charge is -2.22. The minimum Gasteiger partial charge on any atom is -0.493 e. The van der Waals surface area contributed by atoms with Gasteiger partial charge in [-0.3, -0.25) is 4.79 Å². The van der Waals surface area contributed by atoms with Crippen molar-refractivity contribution in [1.82, 2.24) is 5.32 Å². The van der Waals surface area contributed by atoms with E-state index in [1.165, 1.54) is 0 Å². The lowest BCUT2D eigenvalue weighted by Crippen LogP contribution is -2.45. The maximum atomic E-state index is 12.4. The molecule has 1 aliphatic carbocycles. The number of hydrogen-bond acceptors (Lipinski definition) is 4. The zero-order chi connectivity index (χ0) is 15.3. The summed E-state index contributed by atoms with van der Waals surface area (Å²) in [4.78, 5) is 12.4. The normalized spacial score (nSPS) is 16.0. The summed E-state index contributed by atoms with van der Waals surface area (Å²) >= 11 is 0. The van der Waals surface area contributed by atoms with Gasteiger partial charge in [0.1, 0.15) is 5.54 Å². The predicted molar refractivity (Wildman–Crippen MR) is 78.4 cm³/mol. The zero-order valence-corrected chi connectivity index (χ0v) is 12.4. The summed E-state index contributed by atoms with van der Waals surface area (Å²) in [5.41, 5.74) is -0.247. The Hall–Kier alpha value is -2.22. The van der Waals surface area contributed by atoms with Crippen molar-refractivity contribution in [3.05, 3.63) is 23.8 Å². The van der Waals surface area contributed by atoms with Crippen LogP contribution in [0.15, 0.2) is 18.2 Å². The van der Waals surface area contributed by atoms with Crippen LogP contribution in [0.4, 0.5) is 0 Å². The number of nitrogens with one attached hydrogen (secondary N) is 1. The highest BCUT2D eigenvalue weighted by molar-refractivity contribution is 5.95. The summed E-state index contributed by atoms with van der Waals surface area (Å²) < 4.78 is 10.7. The van der Waals surface area contributed by atoms with E-state index in [9.17, 15) is 10.1 Å². The largest absolute Gasteiger partial charge is 0.493 e. The molecule has 1 N–H and O–H groups in total. The number of carbonyl (C=O) groups is 1. The van der Waals surface area contributed by atoms with Gasteiger partial charge in [-0.25, -0.2) is 0 Å². The highest BCUT2D eigenvalue weighted by Gasteiger charge is 2.35. The average Bonchev–Trinajstić information content (AvgIpc) is 2.96. The quantitative estimate of drug-likeness (QED) is 0.904. The van der Waals surface area contributed by atoms with E-state index in [4.69, 9.17) is 9.47 Å². The second kappa shape index (κ2) is 6.49. The number of carbonyl (C=O) groups excluding carboxylic acids is 1. The molecule has 0 spiro atoms. The first kappa shape index (κ1) is 15.2. The van der Waals surface area contributed by atoms with Crippen molar-refractivity contribution in [1.29, 1.82) is 5.26 Å².